The van der Waals surface area contributed by atoms with Crippen molar-refractivity contribution in [1.82, 2.24) is 10.3 Å². The summed E-state index contributed by atoms with van der Waals surface area (Å²) in [7, 11) is 1.84. The lowest BCUT2D eigenvalue weighted by atomic mass is 10.3. The fraction of sp³-hybridized carbons (Fsp3) is 0.500. The molecule has 0 amide bonds. The molecular formula is C10H15ClN4. The predicted octanol–water partition coefficient (Wildman–Crippen LogP) is 1.19. The Hall–Kier alpha value is -1.00. The highest BCUT2D eigenvalue weighted by atomic mass is 35.5. The number of nitrogens with zero attached hydrogens (tertiary/aromatic N) is 2. The molecule has 2 N–H and O–H groups in total. The Bertz CT molecular complexity index is 336. The number of halogens is 1. The third-order valence-corrected chi connectivity index (χ3v) is 2.82. The van der Waals surface area contributed by atoms with Gasteiger partial charge < -0.3 is 15.5 Å². The lowest BCUT2D eigenvalue weighted by molar-refractivity contribution is 0.589. The number of aromatic nitrogens is 1. The molecule has 0 aliphatic carbocycles. The van der Waals surface area contributed by atoms with Gasteiger partial charge in [0.2, 0.25) is 0 Å². The topological polar surface area (TPSA) is 40.2 Å². The summed E-state index contributed by atoms with van der Waals surface area (Å²) >= 11 is 6.13. The van der Waals surface area contributed by atoms with Crippen molar-refractivity contribution in [2.75, 3.05) is 43.4 Å². The third kappa shape index (κ3) is 2.33. The van der Waals surface area contributed by atoms with Crippen molar-refractivity contribution in [3.05, 3.63) is 17.3 Å². The first-order valence-electron chi connectivity index (χ1n) is 5.11. The first-order chi connectivity index (χ1) is 7.31. The molecule has 1 aliphatic heterocycles. The number of anilines is 2. The van der Waals surface area contributed by atoms with Crippen LogP contribution in [0.15, 0.2) is 12.1 Å². The minimum absolute atomic E-state index is 0.573. The van der Waals surface area contributed by atoms with Gasteiger partial charge in [-0.2, -0.15) is 0 Å². The average molecular weight is 227 g/mol. The van der Waals surface area contributed by atoms with Gasteiger partial charge in [-0.3, -0.25) is 0 Å². The van der Waals surface area contributed by atoms with Gasteiger partial charge >= 0.3 is 0 Å². The second kappa shape index (κ2) is 4.68. The monoisotopic (exact) mass is 226 g/mol. The summed E-state index contributed by atoms with van der Waals surface area (Å²) in [4.78, 5) is 6.51. The van der Waals surface area contributed by atoms with E-state index in [0.717, 1.165) is 37.7 Å². The summed E-state index contributed by atoms with van der Waals surface area (Å²) in [5, 5.41) is 6.85. The number of pyridine rings is 1. The summed E-state index contributed by atoms with van der Waals surface area (Å²) in [6, 6.07) is 3.97. The van der Waals surface area contributed by atoms with Gasteiger partial charge in [-0.1, -0.05) is 11.6 Å². The molecule has 1 aromatic heterocycles. The van der Waals surface area contributed by atoms with E-state index in [1.54, 1.807) is 0 Å². The maximum atomic E-state index is 6.13. The maximum Gasteiger partial charge on any atom is 0.154 e. The van der Waals surface area contributed by atoms with Crippen LogP contribution in [-0.2, 0) is 0 Å². The predicted molar refractivity (Wildman–Crippen MR) is 63.9 cm³/mol. The molecule has 1 aliphatic rings. The standard InChI is InChI=1S/C10H15ClN4/c1-12-9-3-2-8(10(11)14-9)15-6-4-13-5-7-15/h2-3,13H,4-7H2,1H3,(H,12,14). The van der Waals surface area contributed by atoms with Crippen LogP contribution in [0.3, 0.4) is 0 Å². The molecule has 1 aromatic rings. The van der Waals surface area contributed by atoms with Crippen LogP contribution in [0.2, 0.25) is 5.15 Å². The van der Waals surface area contributed by atoms with Crippen molar-refractivity contribution in [3.8, 4) is 0 Å². The average Bonchev–Trinajstić information content (AvgIpc) is 2.30. The normalized spacial score (nSPS) is 16.5. The molecule has 0 atom stereocenters. The van der Waals surface area contributed by atoms with Crippen LogP contribution in [0.1, 0.15) is 0 Å². The number of hydrogen-bond donors (Lipinski definition) is 2. The van der Waals surface area contributed by atoms with Gasteiger partial charge in [0, 0.05) is 33.2 Å². The van der Waals surface area contributed by atoms with Crippen molar-refractivity contribution in [3.63, 3.8) is 0 Å². The zero-order valence-corrected chi connectivity index (χ0v) is 9.51. The van der Waals surface area contributed by atoms with Crippen molar-refractivity contribution in [2.24, 2.45) is 0 Å². The van der Waals surface area contributed by atoms with Gasteiger partial charge in [-0.15, -0.1) is 0 Å². The summed E-state index contributed by atoms with van der Waals surface area (Å²) in [6.45, 7) is 3.98. The Kier molecular flexibility index (Phi) is 3.28. The lowest BCUT2D eigenvalue weighted by Crippen LogP contribution is -2.43. The Morgan fingerprint density at radius 3 is 2.73 bits per heavy atom. The molecule has 15 heavy (non-hydrogen) atoms. The second-order valence-electron chi connectivity index (χ2n) is 3.49. The van der Waals surface area contributed by atoms with Crippen molar-refractivity contribution < 1.29 is 0 Å². The smallest absolute Gasteiger partial charge is 0.154 e. The quantitative estimate of drug-likeness (QED) is 0.744. The molecule has 0 saturated carbocycles. The van der Waals surface area contributed by atoms with Crippen molar-refractivity contribution in [2.45, 2.75) is 0 Å². The highest BCUT2D eigenvalue weighted by Crippen LogP contribution is 2.25. The van der Waals surface area contributed by atoms with Crippen molar-refractivity contribution in [1.29, 1.82) is 0 Å². The molecule has 1 saturated heterocycles. The van der Waals surface area contributed by atoms with Crippen LogP contribution < -0.4 is 15.5 Å². The number of nitrogens with one attached hydrogen (secondary N) is 2. The van der Waals surface area contributed by atoms with Gasteiger partial charge in [0.05, 0.1) is 5.69 Å². The van der Waals surface area contributed by atoms with Gasteiger partial charge in [0.1, 0.15) is 5.82 Å². The van der Waals surface area contributed by atoms with E-state index < -0.39 is 0 Å². The Balaban J connectivity index is 2.19. The molecule has 0 spiro atoms. The molecular weight excluding hydrogens is 212 g/mol. The first kappa shape index (κ1) is 10.5. The first-order valence-corrected chi connectivity index (χ1v) is 5.49. The van der Waals surface area contributed by atoms with E-state index in [0.29, 0.717) is 5.15 Å². The summed E-state index contributed by atoms with van der Waals surface area (Å²) in [5.74, 6) is 0.805. The molecule has 82 valence electrons. The molecule has 5 heteroatoms. The van der Waals surface area contributed by atoms with E-state index in [2.05, 4.69) is 20.5 Å². The van der Waals surface area contributed by atoms with Gasteiger partial charge in [-0.25, -0.2) is 4.98 Å². The Labute approximate surface area is 94.6 Å². The Morgan fingerprint density at radius 1 is 1.40 bits per heavy atom. The van der Waals surface area contributed by atoms with Gasteiger partial charge in [0.15, 0.2) is 5.15 Å². The fourth-order valence-corrected chi connectivity index (χ4v) is 1.98. The lowest BCUT2D eigenvalue weighted by Gasteiger charge is -2.29. The minimum Gasteiger partial charge on any atom is -0.373 e. The number of hydrogen-bond acceptors (Lipinski definition) is 4. The second-order valence-corrected chi connectivity index (χ2v) is 3.85. The molecule has 1 fully saturated rings. The summed E-state index contributed by atoms with van der Waals surface area (Å²) < 4.78 is 0. The van der Waals surface area contributed by atoms with Crippen molar-refractivity contribution >= 4 is 23.1 Å². The van der Waals surface area contributed by atoms with E-state index in [1.807, 2.05) is 19.2 Å². The van der Waals surface area contributed by atoms with Crippen LogP contribution in [0, 0.1) is 0 Å². The van der Waals surface area contributed by atoms with Gasteiger partial charge in [0.25, 0.3) is 0 Å². The van der Waals surface area contributed by atoms with E-state index in [9.17, 15) is 0 Å². The number of piperazine rings is 1. The van der Waals surface area contributed by atoms with Crippen LogP contribution in [0.25, 0.3) is 0 Å². The van der Waals surface area contributed by atoms with Gasteiger partial charge in [-0.05, 0) is 12.1 Å². The third-order valence-electron chi connectivity index (χ3n) is 2.54. The summed E-state index contributed by atoms with van der Waals surface area (Å²) in [6.07, 6.45) is 0. The highest BCUT2D eigenvalue weighted by Gasteiger charge is 2.14. The highest BCUT2D eigenvalue weighted by molar-refractivity contribution is 6.32. The molecule has 0 bridgehead atoms. The van der Waals surface area contributed by atoms with Crippen LogP contribution in [0.4, 0.5) is 11.5 Å². The molecule has 2 heterocycles. The summed E-state index contributed by atoms with van der Waals surface area (Å²) in [5.41, 5.74) is 1.03. The molecule has 4 nitrogen and oxygen atoms in total. The zero-order valence-electron chi connectivity index (χ0n) is 8.76. The zero-order chi connectivity index (χ0) is 10.7. The molecule has 0 radical (unpaired) electrons. The van der Waals surface area contributed by atoms with Crippen LogP contribution in [0.5, 0.6) is 0 Å². The van der Waals surface area contributed by atoms with Crippen LogP contribution >= 0.6 is 11.6 Å². The SMILES string of the molecule is CNc1ccc(N2CCNCC2)c(Cl)n1. The van der Waals surface area contributed by atoms with E-state index in [4.69, 9.17) is 11.6 Å². The van der Waals surface area contributed by atoms with E-state index in [-0.39, 0.29) is 0 Å². The Morgan fingerprint density at radius 2 is 2.13 bits per heavy atom. The number of rotatable bonds is 2. The molecule has 0 unspecified atom stereocenters. The maximum absolute atomic E-state index is 6.13. The van der Waals surface area contributed by atoms with Crippen LogP contribution in [-0.4, -0.2) is 38.2 Å². The van der Waals surface area contributed by atoms with E-state index in [1.165, 1.54) is 0 Å². The minimum atomic E-state index is 0.573. The van der Waals surface area contributed by atoms with E-state index >= 15 is 0 Å². The molecule has 2 rings (SSSR count). The molecule has 0 aromatic carbocycles. The fourth-order valence-electron chi connectivity index (χ4n) is 1.71. The largest absolute Gasteiger partial charge is 0.373 e.